The van der Waals surface area contributed by atoms with Gasteiger partial charge in [0.05, 0.1) is 10.5 Å². The molecule has 2 rings (SSSR count). The van der Waals surface area contributed by atoms with Crippen LogP contribution in [0.3, 0.4) is 0 Å². The highest BCUT2D eigenvalue weighted by Gasteiger charge is 2.32. The number of amides is 2. The fourth-order valence-electron chi connectivity index (χ4n) is 2.13. The molecule has 0 saturated carbocycles. The summed E-state index contributed by atoms with van der Waals surface area (Å²) in [6, 6.07) is 2.92. The van der Waals surface area contributed by atoms with E-state index in [4.69, 9.17) is 23.2 Å². The second-order valence-corrected chi connectivity index (χ2v) is 6.10. The molecule has 11 heteroatoms. The molecular formula is C13H15Cl2F3N4O2. The zero-order chi connectivity index (χ0) is 17.9. The van der Waals surface area contributed by atoms with Crippen LogP contribution in [0.5, 0.6) is 5.75 Å². The Labute approximate surface area is 146 Å². The minimum atomic E-state index is -4.84. The maximum absolute atomic E-state index is 12.2. The molecule has 3 unspecified atom stereocenters. The second kappa shape index (κ2) is 7.64. The summed E-state index contributed by atoms with van der Waals surface area (Å²) < 4.78 is 40.3. The summed E-state index contributed by atoms with van der Waals surface area (Å²) in [6.07, 6.45) is -4.69. The van der Waals surface area contributed by atoms with E-state index in [1.807, 2.05) is 6.92 Å². The lowest BCUT2D eigenvalue weighted by Gasteiger charge is -2.33. The maximum Gasteiger partial charge on any atom is 0.573 e. The van der Waals surface area contributed by atoms with Gasteiger partial charge in [0.25, 0.3) is 0 Å². The van der Waals surface area contributed by atoms with E-state index in [0.717, 1.165) is 12.1 Å². The van der Waals surface area contributed by atoms with Gasteiger partial charge in [0.2, 0.25) is 0 Å². The van der Waals surface area contributed by atoms with Crippen LogP contribution in [0.15, 0.2) is 18.2 Å². The highest BCUT2D eigenvalue weighted by molar-refractivity contribution is 6.32. The first-order valence-corrected chi connectivity index (χ1v) is 7.73. The van der Waals surface area contributed by atoms with Crippen LogP contribution in [0.1, 0.15) is 13.3 Å². The molecule has 6 nitrogen and oxygen atoms in total. The predicted molar refractivity (Wildman–Crippen MR) is 84.1 cm³/mol. The molecule has 0 spiro atoms. The van der Waals surface area contributed by atoms with E-state index in [1.54, 1.807) is 0 Å². The Bertz CT molecular complexity index is 593. The molecule has 0 radical (unpaired) electrons. The van der Waals surface area contributed by atoms with Gasteiger partial charge in [-0.05, 0) is 31.5 Å². The summed E-state index contributed by atoms with van der Waals surface area (Å²) in [5.41, 5.74) is -0.0851. The van der Waals surface area contributed by atoms with Gasteiger partial charge in [-0.1, -0.05) is 11.6 Å². The van der Waals surface area contributed by atoms with E-state index >= 15 is 0 Å². The summed E-state index contributed by atoms with van der Waals surface area (Å²) in [4.78, 5) is 11.9. The number of anilines is 1. The van der Waals surface area contributed by atoms with Crippen molar-refractivity contribution < 1.29 is 22.7 Å². The number of urea groups is 1. The van der Waals surface area contributed by atoms with Gasteiger partial charge in [-0.3, -0.25) is 10.6 Å². The summed E-state index contributed by atoms with van der Waals surface area (Å²) in [5.74, 6) is -0.551. The smallest absolute Gasteiger partial charge is 0.404 e. The third-order valence-corrected chi connectivity index (χ3v) is 3.65. The number of hydrogen-bond acceptors (Lipinski definition) is 4. The van der Waals surface area contributed by atoms with Crippen molar-refractivity contribution in [2.75, 3.05) is 5.32 Å². The Balaban J connectivity index is 1.93. The Morgan fingerprint density at radius 3 is 2.67 bits per heavy atom. The maximum atomic E-state index is 12.2. The van der Waals surface area contributed by atoms with Crippen LogP contribution in [-0.2, 0) is 0 Å². The zero-order valence-electron chi connectivity index (χ0n) is 12.4. The monoisotopic (exact) mass is 386 g/mol. The van der Waals surface area contributed by atoms with Crippen LogP contribution >= 0.6 is 23.2 Å². The Morgan fingerprint density at radius 2 is 2.08 bits per heavy atom. The van der Waals surface area contributed by atoms with Crippen molar-refractivity contribution in [3.8, 4) is 5.75 Å². The lowest BCUT2D eigenvalue weighted by Crippen LogP contribution is -2.63. The molecule has 3 atom stereocenters. The standard InChI is InChI=1S/C13H15Cl2F3N4O2/c1-6-4-10(15)21-11(19-6)22-12(23)20-7-2-3-9(8(14)5-7)24-13(16,17)18/h2-3,5-6,10-11,19,21H,4H2,1H3,(H2,20,22,23). The fraction of sp³-hybridized carbons (Fsp3) is 0.462. The van der Waals surface area contributed by atoms with Gasteiger partial charge in [0.15, 0.2) is 0 Å². The molecular weight excluding hydrogens is 372 g/mol. The molecule has 2 amide bonds. The molecule has 0 bridgehead atoms. The lowest BCUT2D eigenvalue weighted by atomic mass is 10.2. The Hall–Kier alpha value is -1.42. The molecule has 1 heterocycles. The van der Waals surface area contributed by atoms with E-state index in [2.05, 4.69) is 26.0 Å². The van der Waals surface area contributed by atoms with Crippen molar-refractivity contribution in [1.29, 1.82) is 0 Å². The van der Waals surface area contributed by atoms with Gasteiger partial charge in [0, 0.05) is 11.7 Å². The highest BCUT2D eigenvalue weighted by atomic mass is 35.5. The van der Waals surface area contributed by atoms with E-state index in [1.165, 1.54) is 6.07 Å². The first-order valence-electron chi connectivity index (χ1n) is 6.91. The largest absolute Gasteiger partial charge is 0.573 e. The Kier molecular flexibility index (Phi) is 6.02. The summed E-state index contributed by atoms with van der Waals surface area (Å²) in [7, 11) is 0. The number of carbonyl (C=O) groups excluding carboxylic acids is 1. The van der Waals surface area contributed by atoms with Crippen LogP contribution in [0.25, 0.3) is 0 Å². The van der Waals surface area contributed by atoms with Crippen LogP contribution in [0.2, 0.25) is 5.02 Å². The SMILES string of the molecule is CC1CC(Cl)NC(NC(=O)Nc2ccc(OC(F)(F)F)c(Cl)c2)N1. The molecule has 1 aliphatic rings. The third kappa shape index (κ3) is 5.90. The number of carbonyl (C=O) groups is 1. The summed E-state index contributed by atoms with van der Waals surface area (Å²) >= 11 is 11.7. The van der Waals surface area contributed by atoms with E-state index < -0.39 is 24.4 Å². The summed E-state index contributed by atoms with van der Waals surface area (Å²) in [6.45, 7) is 1.92. The highest BCUT2D eigenvalue weighted by Crippen LogP contribution is 2.32. The number of benzene rings is 1. The van der Waals surface area contributed by atoms with Crippen molar-refractivity contribution >= 4 is 34.9 Å². The molecule has 1 aliphatic heterocycles. The van der Waals surface area contributed by atoms with Crippen molar-refractivity contribution in [2.24, 2.45) is 0 Å². The van der Waals surface area contributed by atoms with Crippen LogP contribution in [0, 0.1) is 0 Å². The van der Waals surface area contributed by atoms with Crippen LogP contribution < -0.4 is 26.0 Å². The number of nitrogens with one attached hydrogen (secondary N) is 4. The van der Waals surface area contributed by atoms with E-state index in [-0.39, 0.29) is 22.3 Å². The van der Waals surface area contributed by atoms with Gasteiger partial charge >= 0.3 is 12.4 Å². The fourth-order valence-corrected chi connectivity index (χ4v) is 2.74. The van der Waals surface area contributed by atoms with Gasteiger partial charge in [0.1, 0.15) is 12.0 Å². The van der Waals surface area contributed by atoms with Crippen LogP contribution in [-0.4, -0.2) is 30.2 Å². The molecule has 1 aromatic carbocycles. The molecule has 1 aromatic rings. The van der Waals surface area contributed by atoms with Crippen molar-refractivity contribution in [2.45, 2.75) is 37.5 Å². The molecule has 24 heavy (non-hydrogen) atoms. The zero-order valence-corrected chi connectivity index (χ0v) is 13.9. The lowest BCUT2D eigenvalue weighted by molar-refractivity contribution is -0.274. The van der Waals surface area contributed by atoms with Crippen molar-refractivity contribution in [3.05, 3.63) is 23.2 Å². The number of halogens is 5. The molecule has 4 N–H and O–H groups in total. The van der Waals surface area contributed by atoms with E-state index in [9.17, 15) is 18.0 Å². The number of alkyl halides is 4. The first-order chi connectivity index (χ1) is 11.1. The molecule has 0 aromatic heterocycles. The minimum Gasteiger partial charge on any atom is -0.404 e. The minimum absolute atomic E-state index is 0.104. The average Bonchev–Trinajstić information content (AvgIpc) is 2.39. The van der Waals surface area contributed by atoms with Gasteiger partial charge in [-0.2, -0.15) is 0 Å². The summed E-state index contributed by atoms with van der Waals surface area (Å²) in [5, 5.41) is 10.8. The molecule has 1 fully saturated rings. The van der Waals surface area contributed by atoms with Gasteiger partial charge in [-0.25, -0.2) is 4.79 Å². The average molecular weight is 387 g/mol. The molecule has 0 aliphatic carbocycles. The quantitative estimate of drug-likeness (QED) is 0.475. The van der Waals surface area contributed by atoms with Crippen LogP contribution in [0.4, 0.5) is 23.7 Å². The number of ether oxygens (including phenoxy) is 1. The Morgan fingerprint density at radius 1 is 1.38 bits per heavy atom. The third-order valence-electron chi connectivity index (χ3n) is 3.05. The van der Waals surface area contributed by atoms with E-state index in [0.29, 0.717) is 6.42 Å². The van der Waals surface area contributed by atoms with Crippen molar-refractivity contribution in [3.63, 3.8) is 0 Å². The van der Waals surface area contributed by atoms with Gasteiger partial charge < -0.3 is 15.4 Å². The number of rotatable bonds is 3. The first kappa shape index (κ1) is 18.9. The van der Waals surface area contributed by atoms with Gasteiger partial charge in [-0.15, -0.1) is 24.8 Å². The molecule has 134 valence electrons. The van der Waals surface area contributed by atoms with Crippen molar-refractivity contribution in [1.82, 2.24) is 16.0 Å². The predicted octanol–water partition coefficient (Wildman–Crippen LogP) is 3.18. The number of hydrogen-bond donors (Lipinski definition) is 4. The molecule has 1 saturated heterocycles. The second-order valence-electron chi connectivity index (χ2n) is 5.16. The normalized spacial score (nSPS) is 24.3. The topological polar surface area (TPSA) is 74.4 Å².